The SMILES string of the molecule is COc1ccc(CCNC(=O)c2nc(-n3nc(C)cc3C)ccc2Cl)cc1. The van der Waals surface area contributed by atoms with Gasteiger partial charge in [-0.25, -0.2) is 9.67 Å². The van der Waals surface area contributed by atoms with Gasteiger partial charge in [-0.3, -0.25) is 4.79 Å². The van der Waals surface area contributed by atoms with E-state index >= 15 is 0 Å². The lowest BCUT2D eigenvalue weighted by Gasteiger charge is -2.09. The zero-order valence-electron chi connectivity index (χ0n) is 15.5. The van der Waals surface area contributed by atoms with Crippen molar-refractivity contribution in [1.29, 1.82) is 0 Å². The molecule has 7 heteroatoms. The molecule has 0 spiro atoms. The predicted octanol–water partition coefficient (Wildman–Crippen LogP) is 3.52. The molecule has 1 aromatic carbocycles. The normalized spacial score (nSPS) is 10.7. The van der Waals surface area contributed by atoms with Crippen molar-refractivity contribution in [2.24, 2.45) is 0 Å². The van der Waals surface area contributed by atoms with E-state index in [1.165, 1.54) is 0 Å². The van der Waals surface area contributed by atoms with E-state index in [1.54, 1.807) is 23.9 Å². The van der Waals surface area contributed by atoms with Crippen LogP contribution in [0.15, 0.2) is 42.5 Å². The van der Waals surface area contributed by atoms with Gasteiger partial charge >= 0.3 is 0 Å². The number of aryl methyl sites for hydroxylation is 2. The van der Waals surface area contributed by atoms with E-state index in [1.807, 2.05) is 44.2 Å². The van der Waals surface area contributed by atoms with Crippen LogP contribution in [0.4, 0.5) is 0 Å². The van der Waals surface area contributed by atoms with Gasteiger partial charge in [0.15, 0.2) is 5.82 Å². The van der Waals surface area contributed by atoms with Crippen LogP contribution in [0.5, 0.6) is 5.75 Å². The molecule has 0 bridgehead atoms. The van der Waals surface area contributed by atoms with E-state index in [2.05, 4.69) is 15.4 Å². The topological polar surface area (TPSA) is 69.0 Å². The number of carbonyl (C=O) groups is 1. The van der Waals surface area contributed by atoms with E-state index in [-0.39, 0.29) is 11.6 Å². The third-order valence-electron chi connectivity index (χ3n) is 4.13. The first-order valence-electron chi connectivity index (χ1n) is 8.59. The zero-order chi connectivity index (χ0) is 19.4. The molecule has 0 aliphatic heterocycles. The number of pyridine rings is 1. The fraction of sp³-hybridized carbons (Fsp3) is 0.250. The monoisotopic (exact) mass is 384 g/mol. The predicted molar refractivity (Wildman–Crippen MR) is 105 cm³/mol. The van der Waals surface area contributed by atoms with Gasteiger partial charge in [0.2, 0.25) is 0 Å². The third kappa shape index (κ3) is 4.46. The fourth-order valence-corrected chi connectivity index (χ4v) is 2.96. The number of aromatic nitrogens is 3. The van der Waals surface area contributed by atoms with Crippen molar-refractivity contribution in [2.45, 2.75) is 20.3 Å². The smallest absolute Gasteiger partial charge is 0.271 e. The Labute approximate surface area is 163 Å². The standard InChI is InChI=1S/C20H21ClN4O2/c1-13-12-14(2)25(24-13)18-9-8-17(21)19(23-18)20(26)22-11-10-15-4-6-16(27-3)7-5-15/h4-9,12H,10-11H2,1-3H3,(H,22,26). The van der Waals surface area contributed by atoms with E-state index in [0.29, 0.717) is 23.8 Å². The Morgan fingerprint density at radius 1 is 1.19 bits per heavy atom. The first-order valence-corrected chi connectivity index (χ1v) is 8.97. The van der Waals surface area contributed by atoms with Gasteiger partial charge in [0.25, 0.3) is 5.91 Å². The van der Waals surface area contributed by atoms with Crippen LogP contribution < -0.4 is 10.1 Å². The van der Waals surface area contributed by atoms with Crippen LogP contribution >= 0.6 is 11.6 Å². The number of carbonyl (C=O) groups excluding carboxylic acids is 1. The summed E-state index contributed by atoms with van der Waals surface area (Å²) < 4.78 is 6.83. The number of halogens is 1. The summed E-state index contributed by atoms with van der Waals surface area (Å²) in [5, 5.41) is 7.57. The van der Waals surface area contributed by atoms with Gasteiger partial charge in [-0.15, -0.1) is 0 Å². The largest absolute Gasteiger partial charge is 0.497 e. The van der Waals surface area contributed by atoms with E-state index < -0.39 is 0 Å². The van der Waals surface area contributed by atoms with Gasteiger partial charge < -0.3 is 10.1 Å². The van der Waals surface area contributed by atoms with Crippen molar-refractivity contribution in [3.63, 3.8) is 0 Å². The number of hydrogen-bond acceptors (Lipinski definition) is 4. The van der Waals surface area contributed by atoms with Crippen molar-refractivity contribution in [1.82, 2.24) is 20.1 Å². The molecule has 0 saturated heterocycles. The van der Waals surface area contributed by atoms with E-state index in [4.69, 9.17) is 16.3 Å². The summed E-state index contributed by atoms with van der Waals surface area (Å²) in [7, 11) is 1.63. The highest BCUT2D eigenvalue weighted by Gasteiger charge is 2.15. The number of hydrogen-bond donors (Lipinski definition) is 1. The molecule has 6 nitrogen and oxygen atoms in total. The Kier molecular flexibility index (Phi) is 5.76. The summed E-state index contributed by atoms with van der Waals surface area (Å²) in [5.41, 5.74) is 3.12. The minimum absolute atomic E-state index is 0.191. The summed E-state index contributed by atoms with van der Waals surface area (Å²) in [6.45, 7) is 4.32. The average molecular weight is 385 g/mol. The second-order valence-corrected chi connectivity index (χ2v) is 6.60. The van der Waals surface area contributed by atoms with Gasteiger partial charge in [0.05, 0.1) is 17.8 Å². The van der Waals surface area contributed by atoms with Crippen molar-refractivity contribution < 1.29 is 9.53 Å². The van der Waals surface area contributed by atoms with Crippen LogP contribution in [-0.4, -0.2) is 34.3 Å². The van der Waals surface area contributed by atoms with Gasteiger partial charge in [-0.05, 0) is 56.2 Å². The minimum Gasteiger partial charge on any atom is -0.497 e. The van der Waals surface area contributed by atoms with Crippen molar-refractivity contribution in [3.05, 3.63) is 70.1 Å². The second-order valence-electron chi connectivity index (χ2n) is 6.19. The lowest BCUT2D eigenvalue weighted by atomic mass is 10.1. The molecule has 1 amide bonds. The van der Waals surface area contributed by atoms with Crippen LogP contribution in [0, 0.1) is 13.8 Å². The molecular weight excluding hydrogens is 364 g/mol. The fourth-order valence-electron chi connectivity index (χ4n) is 2.77. The number of benzene rings is 1. The summed E-state index contributed by atoms with van der Waals surface area (Å²) in [6, 6.07) is 13.1. The van der Waals surface area contributed by atoms with Crippen LogP contribution in [0.1, 0.15) is 27.4 Å². The Morgan fingerprint density at radius 2 is 1.93 bits per heavy atom. The highest BCUT2D eigenvalue weighted by molar-refractivity contribution is 6.33. The molecule has 2 heterocycles. The van der Waals surface area contributed by atoms with Gasteiger partial charge in [0, 0.05) is 12.2 Å². The van der Waals surface area contributed by atoms with Crippen LogP contribution in [0.2, 0.25) is 5.02 Å². The van der Waals surface area contributed by atoms with Crippen LogP contribution in [0.25, 0.3) is 5.82 Å². The molecule has 0 aliphatic rings. The Balaban J connectivity index is 1.68. The number of nitrogens with one attached hydrogen (secondary N) is 1. The zero-order valence-corrected chi connectivity index (χ0v) is 16.2. The first-order chi connectivity index (χ1) is 13.0. The number of rotatable bonds is 6. The molecule has 27 heavy (non-hydrogen) atoms. The summed E-state index contributed by atoms with van der Waals surface area (Å²) in [5.74, 6) is 1.06. The van der Waals surface area contributed by atoms with Crippen LogP contribution in [0.3, 0.4) is 0 Å². The maximum Gasteiger partial charge on any atom is 0.271 e. The Morgan fingerprint density at radius 3 is 2.56 bits per heavy atom. The van der Waals surface area contributed by atoms with Crippen LogP contribution in [-0.2, 0) is 6.42 Å². The minimum atomic E-state index is -0.308. The summed E-state index contributed by atoms with van der Waals surface area (Å²) in [4.78, 5) is 16.9. The maximum atomic E-state index is 12.5. The number of methoxy groups -OCH3 is 1. The number of ether oxygens (including phenoxy) is 1. The van der Waals surface area contributed by atoms with Crippen molar-refractivity contribution in [2.75, 3.05) is 13.7 Å². The molecule has 2 aromatic heterocycles. The van der Waals surface area contributed by atoms with Gasteiger partial charge in [-0.1, -0.05) is 23.7 Å². The molecule has 0 radical (unpaired) electrons. The lowest BCUT2D eigenvalue weighted by molar-refractivity contribution is 0.0949. The van der Waals surface area contributed by atoms with Crippen molar-refractivity contribution in [3.8, 4) is 11.6 Å². The quantitative estimate of drug-likeness (QED) is 0.706. The summed E-state index contributed by atoms with van der Waals surface area (Å²) >= 11 is 6.19. The molecule has 0 fully saturated rings. The number of nitrogens with zero attached hydrogens (tertiary/aromatic N) is 3. The molecule has 1 N–H and O–H groups in total. The lowest BCUT2D eigenvalue weighted by Crippen LogP contribution is -2.27. The third-order valence-corrected chi connectivity index (χ3v) is 4.44. The maximum absolute atomic E-state index is 12.5. The van der Waals surface area contributed by atoms with Crippen molar-refractivity contribution >= 4 is 17.5 Å². The molecule has 0 unspecified atom stereocenters. The highest BCUT2D eigenvalue weighted by atomic mass is 35.5. The molecular formula is C20H21ClN4O2. The number of amides is 1. The highest BCUT2D eigenvalue weighted by Crippen LogP contribution is 2.18. The first kappa shape index (κ1) is 18.9. The summed E-state index contributed by atoms with van der Waals surface area (Å²) in [6.07, 6.45) is 0.699. The molecule has 0 aliphatic carbocycles. The van der Waals surface area contributed by atoms with Gasteiger partial charge in [-0.2, -0.15) is 5.10 Å². The molecule has 0 atom stereocenters. The second kappa shape index (κ2) is 8.22. The Bertz CT molecular complexity index is 951. The molecule has 140 valence electrons. The van der Waals surface area contributed by atoms with E-state index in [0.717, 1.165) is 22.7 Å². The molecule has 0 saturated carbocycles. The van der Waals surface area contributed by atoms with E-state index in [9.17, 15) is 4.79 Å². The Hall–Kier alpha value is -2.86. The van der Waals surface area contributed by atoms with Gasteiger partial charge in [0.1, 0.15) is 11.4 Å². The average Bonchev–Trinajstić information content (AvgIpc) is 3.00. The molecule has 3 aromatic rings. The molecule has 3 rings (SSSR count).